The van der Waals surface area contributed by atoms with E-state index in [9.17, 15) is 25.2 Å². The summed E-state index contributed by atoms with van der Waals surface area (Å²) in [6, 6.07) is 0. The molecule has 0 amide bonds. The van der Waals surface area contributed by atoms with Gasteiger partial charge in [-0.1, -0.05) is 27.7 Å². The van der Waals surface area contributed by atoms with E-state index in [2.05, 4.69) is 20.8 Å². The molecule has 6 rings (SSSR count). The molecule has 1 unspecified atom stereocenters. The van der Waals surface area contributed by atoms with E-state index in [1.54, 1.807) is 13.8 Å². The number of aliphatic hydroxyl groups excluding tert-OH is 3. The van der Waals surface area contributed by atoms with Gasteiger partial charge in [-0.2, -0.15) is 0 Å². The Morgan fingerprint density at radius 1 is 0.917 bits per heavy atom. The first-order chi connectivity index (χ1) is 16.4. The minimum Gasteiger partial charge on any atom is -0.393 e. The van der Waals surface area contributed by atoms with Gasteiger partial charge in [0, 0.05) is 29.1 Å². The Balaban J connectivity index is 1.41. The second kappa shape index (κ2) is 6.96. The number of Topliss-reactive ketones (excluding diaryl/α,β-unsaturated/α-hetero) is 1. The van der Waals surface area contributed by atoms with E-state index in [0.717, 1.165) is 25.7 Å². The summed E-state index contributed by atoms with van der Waals surface area (Å²) in [5.41, 5.74) is -3.24. The summed E-state index contributed by atoms with van der Waals surface area (Å²) in [6.07, 6.45) is 3.55. The van der Waals surface area contributed by atoms with Crippen LogP contribution in [-0.4, -0.2) is 61.8 Å². The second-order valence-electron chi connectivity index (χ2n) is 15.8. The number of hydrogen-bond acceptors (Lipinski definition) is 6. The van der Waals surface area contributed by atoms with Crippen molar-refractivity contribution in [3.05, 3.63) is 0 Å². The lowest BCUT2D eigenvalue weighted by Crippen LogP contribution is -2.65. The van der Waals surface area contributed by atoms with Gasteiger partial charge in [0.1, 0.15) is 5.78 Å². The highest BCUT2D eigenvalue weighted by atomic mass is 16.5. The predicted molar refractivity (Wildman–Crippen MR) is 135 cm³/mol. The zero-order chi connectivity index (χ0) is 26.5. The van der Waals surface area contributed by atoms with Gasteiger partial charge in [0.05, 0.1) is 35.6 Å². The lowest BCUT2D eigenvalue weighted by Gasteiger charge is -2.65. The van der Waals surface area contributed by atoms with Crippen LogP contribution in [0.5, 0.6) is 0 Å². The predicted octanol–water partition coefficient (Wildman–Crippen LogP) is 3.62. The molecule has 1 heterocycles. The molecule has 4 N–H and O–H groups in total. The molecular weight excluding hydrogens is 456 g/mol. The Morgan fingerprint density at radius 2 is 1.58 bits per heavy atom. The molecule has 0 aromatic carbocycles. The van der Waals surface area contributed by atoms with Crippen molar-refractivity contribution in [2.75, 3.05) is 0 Å². The van der Waals surface area contributed by atoms with Crippen molar-refractivity contribution in [2.24, 2.45) is 44.8 Å². The van der Waals surface area contributed by atoms with Crippen molar-refractivity contribution in [1.29, 1.82) is 0 Å². The molecule has 0 aromatic heterocycles. The third-order valence-corrected chi connectivity index (χ3v) is 13.5. The molecule has 5 aliphatic carbocycles. The fourth-order valence-electron chi connectivity index (χ4n) is 12.0. The maximum absolute atomic E-state index is 12.9. The molecule has 6 heteroatoms. The van der Waals surface area contributed by atoms with Gasteiger partial charge in [-0.15, -0.1) is 0 Å². The molecule has 2 spiro atoms. The average Bonchev–Trinajstić information content (AvgIpc) is 3.15. The van der Waals surface area contributed by atoms with Crippen LogP contribution in [0.2, 0.25) is 0 Å². The van der Waals surface area contributed by atoms with Crippen LogP contribution in [0, 0.1) is 44.8 Å². The summed E-state index contributed by atoms with van der Waals surface area (Å²) in [4.78, 5) is 12.9. The number of aliphatic hydroxyl groups is 4. The fourth-order valence-corrected chi connectivity index (χ4v) is 12.0. The number of ether oxygens (including phenoxy) is 1. The fraction of sp³-hybridized carbons (Fsp3) is 0.967. The topological polar surface area (TPSA) is 107 Å². The Kier molecular flexibility index (Phi) is 4.98. The molecule has 6 fully saturated rings. The summed E-state index contributed by atoms with van der Waals surface area (Å²) in [5, 5.41) is 46.1. The molecule has 6 aliphatic rings. The van der Waals surface area contributed by atoms with Gasteiger partial charge in [-0.05, 0) is 87.9 Å². The minimum absolute atomic E-state index is 0.0868. The van der Waals surface area contributed by atoms with E-state index < -0.39 is 34.9 Å². The normalized spacial score (nSPS) is 59.6. The highest BCUT2D eigenvalue weighted by molar-refractivity contribution is 5.86. The zero-order valence-electron chi connectivity index (χ0n) is 23.3. The lowest BCUT2D eigenvalue weighted by molar-refractivity contribution is -0.230. The third-order valence-electron chi connectivity index (χ3n) is 13.5. The van der Waals surface area contributed by atoms with Crippen molar-refractivity contribution in [3.63, 3.8) is 0 Å². The highest BCUT2D eigenvalue weighted by Crippen LogP contribution is 2.88. The zero-order valence-corrected chi connectivity index (χ0v) is 23.3. The summed E-state index contributed by atoms with van der Waals surface area (Å²) in [7, 11) is 0. The first kappa shape index (κ1) is 25.7. The molecule has 36 heavy (non-hydrogen) atoms. The van der Waals surface area contributed by atoms with Gasteiger partial charge >= 0.3 is 0 Å². The van der Waals surface area contributed by atoms with Gasteiger partial charge in [-0.25, -0.2) is 0 Å². The monoisotopic (exact) mass is 504 g/mol. The maximum atomic E-state index is 12.9. The van der Waals surface area contributed by atoms with E-state index in [0.29, 0.717) is 25.7 Å². The van der Waals surface area contributed by atoms with Gasteiger partial charge in [-0.3, -0.25) is 4.79 Å². The molecule has 0 radical (unpaired) electrons. The van der Waals surface area contributed by atoms with Crippen molar-refractivity contribution in [2.45, 2.75) is 135 Å². The van der Waals surface area contributed by atoms with E-state index in [4.69, 9.17) is 4.74 Å². The van der Waals surface area contributed by atoms with Gasteiger partial charge in [0.2, 0.25) is 0 Å². The number of rotatable bonds is 2. The summed E-state index contributed by atoms with van der Waals surface area (Å²) >= 11 is 0. The minimum atomic E-state index is -0.949. The molecule has 0 aromatic rings. The van der Waals surface area contributed by atoms with Crippen LogP contribution in [0.1, 0.15) is 99.8 Å². The van der Waals surface area contributed by atoms with Gasteiger partial charge < -0.3 is 25.2 Å². The quantitative estimate of drug-likeness (QED) is 0.458. The maximum Gasteiger partial charge on any atom is 0.138 e. The molecule has 204 valence electrons. The molecule has 12 atom stereocenters. The van der Waals surface area contributed by atoms with Crippen LogP contribution < -0.4 is 0 Å². The van der Waals surface area contributed by atoms with Gasteiger partial charge in [0.25, 0.3) is 0 Å². The first-order valence-electron chi connectivity index (χ1n) is 14.4. The molecule has 1 aliphatic heterocycles. The van der Waals surface area contributed by atoms with Crippen LogP contribution in [0.15, 0.2) is 0 Å². The van der Waals surface area contributed by atoms with E-state index in [1.807, 2.05) is 13.8 Å². The Bertz CT molecular complexity index is 986. The average molecular weight is 505 g/mol. The molecule has 0 bridgehead atoms. The Labute approximate surface area is 216 Å². The Hall–Kier alpha value is -0.530. The van der Waals surface area contributed by atoms with Crippen LogP contribution in [-0.2, 0) is 9.53 Å². The number of ketones is 1. The van der Waals surface area contributed by atoms with E-state index in [1.165, 1.54) is 0 Å². The van der Waals surface area contributed by atoms with E-state index in [-0.39, 0.29) is 51.3 Å². The van der Waals surface area contributed by atoms with Gasteiger partial charge in [0.15, 0.2) is 0 Å². The summed E-state index contributed by atoms with van der Waals surface area (Å²) in [5.74, 6) is 0.0468. The summed E-state index contributed by atoms with van der Waals surface area (Å²) in [6.45, 7) is 14.2. The highest BCUT2D eigenvalue weighted by Gasteiger charge is 2.87. The molecule has 6 nitrogen and oxygen atoms in total. The van der Waals surface area contributed by atoms with Crippen LogP contribution >= 0.6 is 0 Å². The van der Waals surface area contributed by atoms with Crippen LogP contribution in [0.25, 0.3) is 0 Å². The van der Waals surface area contributed by atoms with Crippen molar-refractivity contribution in [1.82, 2.24) is 0 Å². The number of carbonyl (C=O) groups is 1. The molecular formula is C30H48O6. The summed E-state index contributed by atoms with van der Waals surface area (Å²) < 4.78 is 6.60. The standard InChI is InChI=1S/C30H48O6/c1-24(2)19(33)8-11-29-15-30(29)18(12-16(31)22(24)29)26(5)13-17(32)23(27(26,6)14-20(30)34)28(7)10-9-21(36-28)25(3,4)35/h16-18,20-23,31-32,34-35H,8-15H2,1-7H3/t16-,17-,18?,20+,21-,22-,23-,26-,27+,28+,29+,30-/m0/s1. The van der Waals surface area contributed by atoms with Crippen molar-refractivity contribution >= 4 is 5.78 Å². The SMILES string of the molecule is CC(C)(O)[C@@H]1CC[C@](C)([C@H]2[C@@H](O)C[C@@]3(C)C4C[C@H](O)[C@H]5C(C)(C)C(=O)CC[C@@]56C[C@@]46[C@H](O)C[C@]23C)O1. The Morgan fingerprint density at radius 3 is 2.19 bits per heavy atom. The van der Waals surface area contributed by atoms with E-state index >= 15 is 0 Å². The van der Waals surface area contributed by atoms with Crippen LogP contribution in [0.4, 0.5) is 0 Å². The largest absolute Gasteiger partial charge is 0.393 e. The molecule has 1 saturated heterocycles. The van der Waals surface area contributed by atoms with Crippen molar-refractivity contribution < 1.29 is 30.0 Å². The smallest absolute Gasteiger partial charge is 0.138 e. The number of carbonyl (C=O) groups excluding carboxylic acids is 1. The second-order valence-corrected chi connectivity index (χ2v) is 15.8. The van der Waals surface area contributed by atoms with Crippen LogP contribution in [0.3, 0.4) is 0 Å². The number of hydrogen-bond donors (Lipinski definition) is 4. The lowest BCUT2D eigenvalue weighted by atomic mass is 9.40. The number of fused-ring (bicyclic) bond motifs is 2. The molecule has 5 saturated carbocycles. The van der Waals surface area contributed by atoms with Crippen molar-refractivity contribution in [3.8, 4) is 0 Å². The first-order valence-corrected chi connectivity index (χ1v) is 14.4. The third kappa shape index (κ3) is 2.69.